The summed E-state index contributed by atoms with van der Waals surface area (Å²) in [5.41, 5.74) is 0.485. The normalized spacial score (nSPS) is 13.1. The van der Waals surface area contributed by atoms with Gasteiger partial charge in [-0.25, -0.2) is 4.98 Å². The number of rotatable bonds is 3. The Kier molecular flexibility index (Phi) is 3.94. The zero-order valence-corrected chi connectivity index (χ0v) is 10.6. The first-order valence-corrected chi connectivity index (χ1v) is 5.94. The Bertz CT molecular complexity index is 562. The minimum Gasteiger partial charge on any atom is -0.389 e. The second-order valence-corrected chi connectivity index (χ2v) is 4.35. The Hall–Kier alpha value is -2.08. The van der Waals surface area contributed by atoms with Crippen LogP contribution in [0.15, 0.2) is 42.6 Å². The van der Waals surface area contributed by atoms with Crippen molar-refractivity contribution in [3.05, 3.63) is 53.7 Å². The van der Waals surface area contributed by atoms with Crippen LogP contribution in [0.1, 0.15) is 24.2 Å². The first-order valence-electron chi connectivity index (χ1n) is 5.94. The van der Waals surface area contributed by atoms with Gasteiger partial charge in [0.1, 0.15) is 5.82 Å². The molecule has 1 atom stereocenters. The largest absolute Gasteiger partial charge is 0.416 e. The first kappa shape index (κ1) is 14.3. The third-order valence-corrected chi connectivity index (χ3v) is 2.75. The lowest BCUT2D eigenvalue weighted by Crippen LogP contribution is -2.04. The monoisotopic (exact) mass is 282 g/mol. The average molecular weight is 282 g/mol. The van der Waals surface area contributed by atoms with Crippen LogP contribution in [0.2, 0.25) is 0 Å². The van der Waals surface area contributed by atoms with Crippen molar-refractivity contribution < 1.29 is 18.3 Å². The molecular weight excluding hydrogens is 269 g/mol. The van der Waals surface area contributed by atoms with Gasteiger partial charge in [-0.2, -0.15) is 13.2 Å². The number of aromatic nitrogens is 1. The molecule has 0 saturated carbocycles. The van der Waals surface area contributed by atoms with Gasteiger partial charge in [0.2, 0.25) is 0 Å². The SMILES string of the molecule is CC(O)c1ccc(Nc2ccc(C(F)(F)F)cc2)nc1. The van der Waals surface area contributed by atoms with Gasteiger partial charge in [-0.3, -0.25) is 0 Å². The van der Waals surface area contributed by atoms with E-state index in [0.717, 1.165) is 12.1 Å². The summed E-state index contributed by atoms with van der Waals surface area (Å²) < 4.78 is 37.2. The summed E-state index contributed by atoms with van der Waals surface area (Å²) in [7, 11) is 0. The molecule has 2 aromatic rings. The molecule has 1 unspecified atom stereocenters. The molecule has 0 aliphatic rings. The molecule has 1 aromatic carbocycles. The third kappa shape index (κ3) is 3.48. The number of hydrogen-bond donors (Lipinski definition) is 2. The molecule has 0 aliphatic heterocycles. The summed E-state index contributed by atoms with van der Waals surface area (Å²) in [5, 5.41) is 12.2. The summed E-state index contributed by atoms with van der Waals surface area (Å²) in [6.45, 7) is 1.62. The van der Waals surface area contributed by atoms with Crippen molar-refractivity contribution in [2.75, 3.05) is 5.32 Å². The Labute approximate surface area is 114 Å². The van der Waals surface area contributed by atoms with Crippen LogP contribution in [0.25, 0.3) is 0 Å². The predicted molar refractivity (Wildman–Crippen MR) is 69.6 cm³/mol. The van der Waals surface area contributed by atoms with E-state index in [-0.39, 0.29) is 0 Å². The molecule has 20 heavy (non-hydrogen) atoms. The van der Waals surface area contributed by atoms with E-state index >= 15 is 0 Å². The lowest BCUT2D eigenvalue weighted by molar-refractivity contribution is -0.137. The maximum atomic E-state index is 12.4. The molecule has 6 heteroatoms. The van der Waals surface area contributed by atoms with Crippen molar-refractivity contribution in [3.8, 4) is 0 Å². The molecule has 1 aromatic heterocycles. The van der Waals surface area contributed by atoms with E-state index < -0.39 is 17.8 Å². The van der Waals surface area contributed by atoms with Gasteiger partial charge in [-0.15, -0.1) is 0 Å². The second kappa shape index (κ2) is 5.50. The van der Waals surface area contributed by atoms with E-state index in [1.807, 2.05) is 0 Å². The van der Waals surface area contributed by atoms with Crippen LogP contribution in [0.3, 0.4) is 0 Å². The lowest BCUT2D eigenvalue weighted by Gasteiger charge is -2.10. The van der Waals surface area contributed by atoms with Crippen molar-refractivity contribution >= 4 is 11.5 Å². The number of anilines is 2. The fourth-order valence-electron chi connectivity index (χ4n) is 1.62. The van der Waals surface area contributed by atoms with E-state index in [9.17, 15) is 18.3 Å². The molecule has 3 nitrogen and oxygen atoms in total. The van der Waals surface area contributed by atoms with Crippen molar-refractivity contribution in [3.63, 3.8) is 0 Å². The van der Waals surface area contributed by atoms with E-state index in [2.05, 4.69) is 10.3 Å². The Morgan fingerprint density at radius 3 is 2.20 bits per heavy atom. The number of nitrogens with zero attached hydrogens (tertiary/aromatic N) is 1. The van der Waals surface area contributed by atoms with Gasteiger partial charge >= 0.3 is 6.18 Å². The number of halogens is 3. The zero-order chi connectivity index (χ0) is 14.8. The summed E-state index contributed by atoms with van der Waals surface area (Å²) in [5.74, 6) is 0.495. The van der Waals surface area contributed by atoms with Crippen LogP contribution in [0, 0.1) is 0 Å². The highest BCUT2D eigenvalue weighted by Crippen LogP contribution is 2.30. The molecule has 1 heterocycles. The highest BCUT2D eigenvalue weighted by atomic mass is 19.4. The maximum Gasteiger partial charge on any atom is 0.416 e. The van der Waals surface area contributed by atoms with Crippen LogP contribution in [-0.4, -0.2) is 10.1 Å². The summed E-state index contributed by atoms with van der Waals surface area (Å²) in [6.07, 6.45) is -3.44. The van der Waals surface area contributed by atoms with Crippen LogP contribution >= 0.6 is 0 Å². The number of nitrogens with one attached hydrogen (secondary N) is 1. The molecule has 0 bridgehead atoms. The zero-order valence-electron chi connectivity index (χ0n) is 10.6. The summed E-state index contributed by atoms with van der Waals surface area (Å²) in [4.78, 5) is 4.07. The minimum absolute atomic E-state index is 0.495. The molecule has 106 valence electrons. The number of pyridine rings is 1. The third-order valence-electron chi connectivity index (χ3n) is 2.75. The molecular formula is C14H13F3N2O. The minimum atomic E-state index is -4.34. The fourth-order valence-corrected chi connectivity index (χ4v) is 1.62. The fraction of sp³-hybridized carbons (Fsp3) is 0.214. The number of hydrogen-bond acceptors (Lipinski definition) is 3. The molecule has 0 radical (unpaired) electrons. The van der Waals surface area contributed by atoms with Crippen LogP contribution < -0.4 is 5.32 Å². The average Bonchev–Trinajstić information content (AvgIpc) is 2.39. The topological polar surface area (TPSA) is 45.1 Å². The van der Waals surface area contributed by atoms with Gasteiger partial charge in [0.05, 0.1) is 11.7 Å². The Morgan fingerprint density at radius 1 is 1.10 bits per heavy atom. The van der Waals surface area contributed by atoms with E-state index in [4.69, 9.17) is 0 Å². The molecule has 2 N–H and O–H groups in total. The summed E-state index contributed by atoms with van der Waals surface area (Å²) in [6, 6.07) is 8.04. The highest BCUT2D eigenvalue weighted by Gasteiger charge is 2.29. The van der Waals surface area contributed by atoms with E-state index in [1.54, 1.807) is 19.1 Å². The number of benzene rings is 1. The number of aliphatic hydroxyl groups is 1. The van der Waals surface area contributed by atoms with E-state index in [0.29, 0.717) is 17.1 Å². The van der Waals surface area contributed by atoms with Gasteiger partial charge in [-0.1, -0.05) is 6.07 Å². The van der Waals surface area contributed by atoms with Crippen LogP contribution in [0.5, 0.6) is 0 Å². The molecule has 0 amide bonds. The van der Waals surface area contributed by atoms with E-state index in [1.165, 1.54) is 18.3 Å². The lowest BCUT2D eigenvalue weighted by atomic mass is 10.2. The first-order chi connectivity index (χ1) is 9.36. The number of alkyl halides is 3. The van der Waals surface area contributed by atoms with Crippen LogP contribution in [0.4, 0.5) is 24.7 Å². The molecule has 2 rings (SSSR count). The van der Waals surface area contributed by atoms with Gasteiger partial charge in [0.25, 0.3) is 0 Å². The quantitative estimate of drug-likeness (QED) is 0.897. The highest BCUT2D eigenvalue weighted by molar-refractivity contribution is 5.56. The summed E-state index contributed by atoms with van der Waals surface area (Å²) >= 11 is 0. The maximum absolute atomic E-state index is 12.4. The van der Waals surface area contributed by atoms with Crippen molar-refractivity contribution in [2.45, 2.75) is 19.2 Å². The predicted octanol–water partition coefficient (Wildman–Crippen LogP) is 3.90. The van der Waals surface area contributed by atoms with Gasteiger partial charge in [0.15, 0.2) is 0 Å². The number of aliphatic hydroxyl groups excluding tert-OH is 1. The molecule has 0 saturated heterocycles. The smallest absolute Gasteiger partial charge is 0.389 e. The van der Waals surface area contributed by atoms with Gasteiger partial charge in [0, 0.05) is 11.9 Å². The standard InChI is InChI=1S/C14H13F3N2O/c1-9(20)10-2-7-13(18-8-10)19-12-5-3-11(4-6-12)14(15,16)17/h2-9,20H,1H3,(H,18,19). The van der Waals surface area contributed by atoms with Gasteiger partial charge in [-0.05, 0) is 42.8 Å². The second-order valence-electron chi connectivity index (χ2n) is 4.35. The van der Waals surface area contributed by atoms with Crippen molar-refractivity contribution in [2.24, 2.45) is 0 Å². The van der Waals surface area contributed by atoms with Crippen molar-refractivity contribution in [1.29, 1.82) is 0 Å². The molecule has 0 spiro atoms. The van der Waals surface area contributed by atoms with Gasteiger partial charge < -0.3 is 10.4 Å². The molecule has 0 aliphatic carbocycles. The van der Waals surface area contributed by atoms with Crippen molar-refractivity contribution in [1.82, 2.24) is 4.98 Å². The van der Waals surface area contributed by atoms with Crippen LogP contribution in [-0.2, 0) is 6.18 Å². The Morgan fingerprint density at radius 2 is 1.75 bits per heavy atom. The Balaban J connectivity index is 2.10. The molecule has 0 fully saturated rings.